The van der Waals surface area contributed by atoms with E-state index in [1.54, 1.807) is 0 Å². The lowest BCUT2D eigenvalue weighted by atomic mass is 9.86. The van der Waals surface area contributed by atoms with Crippen molar-refractivity contribution in [3.63, 3.8) is 0 Å². The van der Waals surface area contributed by atoms with Crippen LogP contribution in [-0.4, -0.2) is 24.7 Å². The van der Waals surface area contributed by atoms with Gasteiger partial charge in [-0.1, -0.05) is 6.08 Å². The second-order valence-electron chi connectivity index (χ2n) is 6.50. The zero-order chi connectivity index (χ0) is 15.9. The number of esters is 1. The van der Waals surface area contributed by atoms with Crippen molar-refractivity contribution < 1.29 is 9.53 Å². The number of hydrogen-bond acceptors (Lipinski definition) is 3. The maximum absolute atomic E-state index is 12.1. The van der Waals surface area contributed by atoms with Gasteiger partial charge < -0.3 is 9.64 Å². The number of methoxy groups -OCH3 is 1. The summed E-state index contributed by atoms with van der Waals surface area (Å²) in [5, 5.41) is 0. The van der Waals surface area contributed by atoms with Crippen molar-refractivity contribution in [1.82, 2.24) is 0 Å². The second kappa shape index (κ2) is 5.21. The molecule has 1 aliphatic rings. The standard InChI is InChI=1S/C18H25NO2/c1-11-8-15-13(3)10-18(5,6)19(14(4)17(20)21-7)16(15)9-12(11)2/h8-10,14H,1-7H3/t14-/m1/s1. The third kappa shape index (κ3) is 2.57. The lowest BCUT2D eigenvalue weighted by Crippen LogP contribution is -2.53. The Morgan fingerprint density at radius 2 is 1.76 bits per heavy atom. The molecule has 114 valence electrons. The summed E-state index contributed by atoms with van der Waals surface area (Å²) in [5.74, 6) is -0.208. The number of ether oxygens (including phenoxy) is 1. The molecule has 0 bridgehead atoms. The van der Waals surface area contributed by atoms with E-state index in [2.05, 4.69) is 57.7 Å². The third-order valence-electron chi connectivity index (χ3n) is 4.42. The molecule has 3 nitrogen and oxygen atoms in total. The molecule has 0 saturated carbocycles. The number of hydrogen-bond donors (Lipinski definition) is 0. The molecular weight excluding hydrogens is 262 g/mol. The van der Waals surface area contributed by atoms with Crippen LogP contribution in [0, 0.1) is 13.8 Å². The number of carbonyl (C=O) groups excluding carboxylic acids is 1. The van der Waals surface area contributed by atoms with Crippen LogP contribution in [0.15, 0.2) is 18.2 Å². The Balaban J connectivity index is 2.66. The Labute approximate surface area is 127 Å². The number of nitrogens with zero attached hydrogens (tertiary/aromatic N) is 1. The van der Waals surface area contributed by atoms with Crippen molar-refractivity contribution in [2.75, 3.05) is 12.0 Å². The van der Waals surface area contributed by atoms with Crippen LogP contribution in [0.1, 0.15) is 44.4 Å². The highest BCUT2D eigenvalue weighted by Gasteiger charge is 2.37. The van der Waals surface area contributed by atoms with Gasteiger partial charge in [0, 0.05) is 11.3 Å². The van der Waals surface area contributed by atoms with E-state index < -0.39 is 0 Å². The summed E-state index contributed by atoms with van der Waals surface area (Å²) in [7, 11) is 1.44. The number of aryl methyl sites for hydroxylation is 2. The number of benzene rings is 1. The summed E-state index contributed by atoms with van der Waals surface area (Å²) in [6.07, 6.45) is 2.23. The fourth-order valence-electron chi connectivity index (χ4n) is 3.29. The van der Waals surface area contributed by atoms with Crippen molar-refractivity contribution >= 4 is 17.2 Å². The van der Waals surface area contributed by atoms with Crippen LogP contribution < -0.4 is 4.90 Å². The maximum Gasteiger partial charge on any atom is 0.328 e. The molecule has 1 aromatic carbocycles. The van der Waals surface area contributed by atoms with E-state index in [1.165, 1.54) is 29.4 Å². The fraction of sp³-hybridized carbons (Fsp3) is 0.500. The topological polar surface area (TPSA) is 29.5 Å². The number of fused-ring (bicyclic) bond motifs is 1. The van der Waals surface area contributed by atoms with Crippen LogP contribution in [0.25, 0.3) is 5.57 Å². The summed E-state index contributed by atoms with van der Waals surface area (Å²) in [4.78, 5) is 14.2. The van der Waals surface area contributed by atoms with E-state index in [1.807, 2.05) is 6.92 Å². The molecule has 0 N–H and O–H groups in total. The lowest BCUT2D eigenvalue weighted by Gasteiger charge is -2.46. The summed E-state index contributed by atoms with van der Waals surface area (Å²) < 4.78 is 4.95. The zero-order valence-corrected chi connectivity index (χ0v) is 14.1. The molecule has 0 spiro atoms. The predicted octanol–water partition coefficient (Wildman–Crippen LogP) is 3.87. The molecule has 1 aliphatic heterocycles. The molecule has 0 radical (unpaired) electrons. The lowest BCUT2D eigenvalue weighted by molar-refractivity contribution is -0.142. The van der Waals surface area contributed by atoms with Gasteiger partial charge in [0.15, 0.2) is 0 Å². The SMILES string of the molecule is COC(=O)[C@@H](C)N1c2cc(C)c(C)cc2C(C)=CC1(C)C. The van der Waals surface area contributed by atoms with Crippen LogP contribution in [0.2, 0.25) is 0 Å². The maximum atomic E-state index is 12.1. The van der Waals surface area contributed by atoms with Crippen LogP contribution in [0.5, 0.6) is 0 Å². The molecular formula is C18H25NO2. The minimum absolute atomic E-state index is 0.208. The number of anilines is 1. The van der Waals surface area contributed by atoms with E-state index in [9.17, 15) is 4.79 Å². The van der Waals surface area contributed by atoms with Crippen LogP contribution in [-0.2, 0) is 9.53 Å². The smallest absolute Gasteiger partial charge is 0.328 e. The van der Waals surface area contributed by atoms with Crippen molar-refractivity contribution in [1.29, 1.82) is 0 Å². The van der Waals surface area contributed by atoms with Gasteiger partial charge in [-0.3, -0.25) is 0 Å². The van der Waals surface area contributed by atoms with Crippen LogP contribution in [0.3, 0.4) is 0 Å². The van der Waals surface area contributed by atoms with E-state index in [-0.39, 0.29) is 17.6 Å². The average molecular weight is 287 g/mol. The van der Waals surface area contributed by atoms with E-state index in [4.69, 9.17) is 4.74 Å². The van der Waals surface area contributed by atoms with Gasteiger partial charge in [-0.05, 0) is 70.4 Å². The minimum atomic E-state index is -0.324. The third-order valence-corrected chi connectivity index (χ3v) is 4.42. The summed E-state index contributed by atoms with van der Waals surface area (Å²) >= 11 is 0. The molecule has 0 aliphatic carbocycles. The van der Waals surface area contributed by atoms with Crippen molar-refractivity contribution in [3.05, 3.63) is 34.9 Å². The van der Waals surface area contributed by atoms with Gasteiger partial charge >= 0.3 is 5.97 Å². The Morgan fingerprint density at radius 1 is 1.19 bits per heavy atom. The van der Waals surface area contributed by atoms with E-state index in [0.717, 1.165) is 5.69 Å². The normalized spacial score (nSPS) is 17.9. The first-order valence-corrected chi connectivity index (χ1v) is 7.37. The molecule has 0 saturated heterocycles. The summed E-state index contributed by atoms with van der Waals surface area (Å²) in [6, 6.07) is 4.07. The van der Waals surface area contributed by atoms with Gasteiger partial charge in [-0.25, -0.2) is 4.79 Å². The Bertz CT molecular complexity index is 614. The minimum Gasteiger partial charge on any atom is -0.467 e. The molecule has 2 rings (SSSR count). The first kappa shape index (κ1) is 15.6. The Kier molecular flexibility index (Phi) is 3.87. The quantitative estimate of drug-likeness (QED) is 0.773. The molecule has 0 aromatic heterocycles. The highest BCUT2D eigenvalue weighted by molar-refractivity contribution is 5.87. The van der Waals surface area contributed by atoms with Gasteiger partial charge in [0.05, 0.1) is 12.6 Å². The van der Waals surface area contributed by atoms with Crippen LogP contribution >= 0.6 is 0 Å². The van der Waals surface area contributed by atoms with E-state index >= 15 is 0 Å². The molecule has 0 unspecified atom stereocenters. The first-order chi connectivity index (χ1) is 9.69. The summed E-state index contributed by atoms with van der Waals surface area (Å²) in [5.41, 5.74) is 5.85. The highest BCUT2D eigenvalue weighted by Crippen LogP contribution is 2.41. The number of carbonyl (C=O) groups is 1. The molecule has 3 heteroatoms. The Morgan fingerprint density at radius 3 is 2.33 bits per heavy atom. The Hall–Kier alpha value is -1.77. The van der Waals surface area contributed by atoms with Crippen molar-refractivity contribution in [2.24, 2.45) is 0 Å². The van der Waals surface area contributed by atoms with Gasteiger partial charge in [-0.15, -0.1) is 0 Å². The number of rotatable bonds is 2. The number of allylic oxidation sites excluding steroid dienone is 1. The van der Waals surface area contributed by atoms with Gasteiger partial charge in [0.1, 0.15) is 6.04 Å². The molecule has 1 atom stereocenters. The molecule has 21 heavy (non-hydrogen) atoms. The predicted molar refractivity (Wildman–Crippen MR) is 87.6 cm³/mol. The van der Waals surface area contributed by atoms with Gasteiger partial charge in [0.25, 0.3) is 0 Å². The van der Waals surface area contributed by atoms with E-state index in [0.29, 0.717) is 0 Å². The van der Waals surface area contributed by atoms with Crippen molar-refractivity contribution in [2.45, 2.75) is 53.1 Å². The molecule has 1 aromatic rings. The monoisotopic (exact) mass is 287 g/mol. The van der Waals surface area contributed by atoms with Gasteiger partial charge in [0.2, 0.25) is 0 Å². The molecule has 1 heterocycles. The van der Waals surface area contributed by atoms with Crippen molar-refractivity contribution in [3.8, 4) is 0 Å². The largest absolute Gasteiger partial charge is 0.467 e. The average Bonchev–Trinajstić information content (AvgIpc) is 2.39. The zero-order valence-electron chi connectivity index (χ0n) is 14.1. The van der Waals surface area contributed by atoms with Gasteiger partial charge in [-0.2, -0.15) is 0 Å². The highest BCUT2D eigenvalue weighted by atomic mass is 16.5. The molecule has 0 fully saturated rings. The molecule has 0 amide bonds. The van der Waals surface area contributed by atoms with Crippen LogP contribution in [0.4, 0.5) is 5.69 Å². The second-order valence-corrected chi connectivity index (χ2v) is 6.50. The fourth-order valence-corrected chi connectivity index (χ4v) is 3.29. The first-order valence-electron chi connectivity index (χ1n) is 7.37. The summed E-state index contributed by atoms with van der Waals surface area (Å²) in [6.45, 7) is 12.5.